The van der Waals surface area contributed by atoms with Gasteiger partial charge in [0.2, 0.25) is 0 Å². The van der Waals surface area contributed by atoms with Gasteiger partial charge in [0.25, 0.3) is 5.91 Å². The Bertz CT molecular complexity index is 446. The van der Waals surface area contributed by atoms with Gasteiger partial charge in [-0.1, -0.05) is 6.07 Å². The van der Waals surface area contributed by atoms with Crippen LogP contribution in [-0.4, -0.2) is 36.1 Å². The number of aliphatic hydroxyl groups excluding tert-OH is 1. The van der Waals surface area contributed by atoms with Gasteiger partial charge in [0.05, 0.1) is 0 Å². The first-order chi connectivity index (χ1) is 9.22. The van der Waals surface area contributed by atoms with Gasteiger partial charge in [-0.3, -0.25) is 4.79 Å². The van der Waals surface area contributed by atoms with Crippen LogP contribution in [0.1, 0.15) is 40.7 Å². The predicted octanol–water partition coefficient (Wildman–Crippen LogP) is 1.52. The number of nitrogens with zero attached hydrogens (tertiary/aromatic N) is 1. The number of nitrogens with one attached hydrogen (secondary N) is 1. The Morgan fingerprint density at radius 2 is 2.05 bits per heavy atom. The Balaban J connectivity index is 1.91. The van der Waals surface area contributed by atoms with Crippen molar-refractivity contribution in [3.63, 3.8) is 0 Å². The molecule has 0 bridgehead atoms. The van der Waals surface area contributed by atoms with E-state index in [2.05, 4.69) is 5.32 Å². The number of rotatable bonds is 6. The summed E-state index contributed by atoms with van der Waals surface area (Å²) in [7, 11) is 1.84. The average Bonchev–Trinajstić information content (AvgIpc) is 2.89. The van der Waals surface area contributed by atoms with E-state index in [1.54, 1.807) is 4.90 Å². The fourth-order valence-corrected chi connectivity index (χ4v) is 2.39. The highest BCUT2D eigenvalue weighted by Crippen LogP contribution is 2.18. The molecule has 4 nitrogen and oxygen atoms in total. The van der Waals surface area contributed by atoms with Crippen LogP contribution in [0.15, 0.2) is 18.2 Å². The van der Waals surface area contributed by atoms with Gasteiger partial charge in [-0.2, -0.15) is 0 Å². The van der Waals surface area contributed by atoms with Crippen molar-refractivity contribution in [1.29, 1.82) is 0 Å². The van der Waals surface area contributed by atoms with Crippen molar-refractivity contribution in [2.24, 2.45) is 0 Å². The molecule has 1 aliphatic rings. The van der Waals surface area contributed by atoms with E-state index in [0.717, 1.165) is 44.5 Å². The fourth-order valence-electron chi connectivity index (χ4n) is 2.39. The Morgan fingerprint density at radius 3 is 2.84 bits per heavy atom. The molecule has 2 rings (SSSR count). The Kier molecular flexibility index (Phi) is 4.93. The second kappa shape index (κ2) is 6.68. The zero-order chi connectivity index (χ0) is 13.7. The molecular formula is C15H22N2O2. The largest absolute Gasteiger partial charge is 0.396 e. The van der Waals surface area contributed by atoms with E-state index in [0.29, 0.717) is 0 Å². The summed E-state index contributed by atoms with van der Waals surface area (Å²) in [6.45, 7) is 2.74. The van der Waals surface area contributed by atoms with Crippen LogP contribution in [0.4, 0.5) is 0 Å². The molecule has 0 spiro atoms. The monoisotopic (exact) mass is 262 g/mol. The molecule has 0 aliphatic carbocycles. The lowest BCUT2D eigenvalue weighted by Gasteiger charge is -2.17. The second-order valence-electron chi connectivity index (χ2n) is 5.10. The molecule has 1 aromatic carbocycles. The van der Waals surface area contributed by atoms with Crippen LogP contribution in [-0.2, 0) is 13.1 Å². The normalized spacial score (nSPS) is 13.4. The van der Waals surface area contributed by atoms with Crippen LogP contribution in [0.2, 0.25) is 0 Å². The predicted molar refractivity (Wildman–Crippen MR) is 74.9 cm³/mol. The van der Waals surface area contributed by atoms with Gasteiger partial charge in [-0.25, -0.2) is 0 Å². The molecule has 0 saturated carbocycles. The number of benzene rings is 1. The molecule has 0 unspecified atom stereocenters. The maximum absolute atomic E-state index is 12.3. The summed E-state index contributed by atoms with van der Waals surface area (Å²) in [5.74, 6) is 0.0821. The lowest BCUT2D eigenvalue weighted by atomic mass is 10.1. The number of carbonyl (C=O) groups is 1. The zero-order valence-electron chi connectivity index (χ0n) is 11.5. The maximum atomic E-state index is 12.3. The minimum absolute atomic E-state index is 0.0821. The van der Waals surface area contributed by atoms with Gasteiger partial charge in [0, 0.05) is 38.9 Å². The van der Waals surface area contributed by atoms with E-state index in [9.17, 15) is 4.79 Å². The number of amides is 1. The van der Waals surface area contributed by atoms with E-state index in [4.69, 9.17) is 5.11 Å². The van der Waals surface area contributed by atoms with Gasteiger partial charge in [-0.15, -0.1) is 0 Å². The smallest absolute Gasteiger partial charge is 0.253 e. The minimum Gasteiger partial charge on any atom is -0.396 e. The van der Waals surface area contributed by atoms with Gasteiger partial charge >= 0.3 is 0 Å². The van der Waals surface area contributed by atoms with Crippen molar-refractivity contribution >= 4 is 5.91 Å². The van der Waals surface area contributed by atoms with Crippen LogP contribution in [0.25, 0.3) is 0 Å². The second-order valence-corrected chi connectivity index (χ2v) is 5.10. The van der Waals surface area contributed by atoms with Crippen molar-refractivity contribution in [2.45, 2.75) is 32.4 Å². The van der Waals surface area contributed by atoms with E-state index in [-0.39, 0.29) is 12.5 Å². The molecule has 104 valence electrons. The third-order valence-corrected chi connectivity index (χ3v) is 3.58. The summed E-state index contributed by atoms with van der Waals surface area (Å²) < 4.78 is 0. The highest BCUT2D eigenvalue weighted by molar-refractivity contribution is 5.94. The number of carbonyl (C=O) groups excluding carboxylic acids is 1. The molecule has 0 aromatic heterocycles. The lowest BCUT2D eigenvalue weighted by molar-refractivity contribution is 0.0792. The van der Waals surface area contributed by atoms with Crippen molar-refractivity contribution in [3.8, 4) is 0 Å². The molecule has 0 atom stereocenters. The van der Waals surface area contributed by atoms with Crippen molar-refractivity contribution in [2.75, 3.05) is 20.2 Å². The van der Waals surface area contributed by atoms with Crippen molar-refractivity contribution in [3.05, 3.63) is 34.9 Å². The molecule has 1 heterocycles. The van der Waals surface area contributed by atoms with Gasteiger partial charge in [0.1, 0.15) is 0 Å². The summed E-state index contributed by atoms with van der Waals surface area (Å²) in [5.41, 5.74) is 3.30. The summed E-state index contributed by atoms with van der Waals surface area (Å²) >= 11 is 0. The highest BCUT2D eigenvalue weighted by atomic mass is 16.2. The Morgan fingerprint density at radius 1 is 1.26 bits per heavy atom. The van der Waals surface area contributed by atoms with Gasteiger partial charge < -0.3 is 15.3 Å². The molecule has 4 heteroatoms. The Hall–Kier alpha value is -1.39. The number of hydrogen-bond donors (Lipinski definition) is 2. The third-order valence-electron chi connectivity index (χ3n) is 3.58. The molecule has 0 radical (unpaired) electrons. The van der Waals surface area contributed by atoms with E-state index < -0.39 is 0 Å². The molecule has 0 saturated heterocycles. The third kappa shape index (κ3) is 3.55. The quantitative estimate of drug-likeness (QED) is 0.764. The van der Waals surface area contributed by atoms with Crippen LogP contribution >= 0.6 is 0 Å². The van der Waals surface area contributed by atoms with Gasteiger partial charge in [-0.05, 0) is 42.5 Å². The fraction of sp³-hybridized carbons (Fsp3) is 0.533. The molecule has 1 aliphatic heterocycles. The number of fused-ring (bicyclic) bond motifs is 1. The lowest BCUT2D eigenvalue weighted by Crippen LogP contribution is -2.27. The highest BCUT2D eigenvalue weighted by Gasteiger charge is 2.15. The molecule has 1 amide bonds. The summed E-state index contributed by atoms with van der Waals surface area (Å²) in [5, 5.41) is 12.0. The number of aliphatic hydroxyl groups is 1. The summed E-state index contributed by atoms with van der Waals surface area (Å²) in [4.78, 5) is 14.0. The van der Waals surface area contributed by atoms with Crippen LogP contribution in [0.3, 0.4) is 0 Å². The molecular weight excluding hydrogens is 240 g/mol. The standard InChI is InChI=1S/C15H22N2O2/c1-17(7-3-2-4-8-18)15(19)12-5-6-13-10-16-11-14(13)9-12/h5-6,9,16,18H,2-4,7-8,10-11H2,1H3. The topological polar surface area (TPSA) is 52.6 Å². The minimum atomic E-state index is 0.0821. The molecule has 0 fully saturated rings. The molecule has 19 heavy (non-hydrogen) atoms. The molecule has 2 N–H and O–H groups in total. The van der Waals surface area contributed by atoms with Gasteiger partial charge in [0.15, 0.2) is 0 Å². The van der Waals surface area contributed by atoms with E-state index in [1.165, 1.54) is 11.1 Å². The van der Waals surface area contributed by atoms with Crippen molar-refractivity contribution in [1.82, 2.24) is 10.2 Å². The van der Waals surface area contributed by atoms with Crippen LogP contribution < -0.4 is 5.32 Å². The van der Waals surface area contributed by atoms with Crippen LogP contribution in [0.5, 0.6) is 0 Å². The first-order valence-electron chi connectivity index (χ1n) is 6.91. The number of hydrogen-bond acceptors (Lipinski definition) is 3. The van der Waals surface area contributed by atoms with Crippen molar-refractivity contribution < 1.29 is 9.90 Å². The van der Waals surface area contributed by atoms with E-state index in [1.807, 2.05) is 25.2 Å². The molecule has 1 aromatic rings. The summed E-state index contributed by atoms with van der Waals surface area (Å²) in [6.07, 6.45) is 2.71. The Labute approximate surface area is 114 Å². The van der Waals surface area contributed by atoms with E-state index >= 15 is 0 Å². The van der Waals surface area contributed by atoms with Crippen LogP contribution in [0, 0.1) is 0 Å². The number of unbranched alkanes of at least 4 members (excludes halogenated alkanes) is 2. The average molecular weight is 262 g/mol. The SMILES string of the molecule is CN(CCCCCO)C(=O)c1ccc2c(c1)CNC2. The maximum Gasteiger partial charge on any atom is 0.253 e. The summed E-state index contributed by atoms with van der Waals surface area (Å²) in [6, 6.07) is 5.96. The zero-order valence-corrected chi connectivity index (χ0v) is 11.5. The first-order valence-corrected chi connectivity index (χ1v) is 6.91. The first kappa shape index (κ1) is 14.0.